The van der Waals surface area contributed by atoms with E-state index in [1.165, 1.54) is 0 Å². The molecule has 116 valence electrons. The van der Waals surface area contributed by atoms with E-state index >= 15 is 0 Å². The van der Waals surface area contributed by atoms with E-state index in [2.05, 4.69) is 10.3 Å². The smallest absolute Gasteiger partial charge is 0.189 e. The predicted molar refractivity (Wildman–Crippen MR) is 83.4 cm³/mol. The van der Waals surface area contributed by atoms with E-state index in [-0.39, 0.29) is 12.1 Å². The van der Waals surface area contributed by atoms with Gasteiger partial charge in [-0.2, -0.15) is 0 Å². The summed E-state index contributed by atoms with van der Waals surface area (Å²) in [6.07, 6.45) is 0.656. The van der Waals surface area contributed by atoms with Crippen molar-refractivity contribution in [1.82, 2.24) is 5.32 Å². The van der Waals surface area contributed by atoms with Crippen LogP contribution in [0, 0.1) is 0 Å². The molecule has 21 heavy (non-hydrogen) atoms. The number of aliphatic imine (C=N–C) groups is 1. The lowest BCUT2D eigenvalue weighted by Gasteiger charge is -2.39. The minimum atomic E-state index is -1.35. The van der Waals surface area contributed by atoms with Gasteiger partial charge in [-0.3, -0.25) is 0 Å². The lowest BCUT2D eigenvalue weighted by molar-refractivity contribution is 0.0413. The summed E-state index contributed by atoms with van der Waals surface area (Å²) in [6.45, 7) is 2.48. The third-order valence-electron chi connectivity index (χ3n) is 3.59. The molecule has 1 aliphatic rings. The van der Waals surface area contributed by atoms with Gasteiger partial charge in [0.05, 0.1) is 12.6 Å². The molecule has 1 aromatic rings. The molecule has 1 atom stereocenters. The predicted octanol–water partition coefficient (Wildman–Crippen LogP) is 2.61. The van der Waals surface area contributed by atoms with Crippen LogP contribution in [-0.2, 0) is 10.4 Å². The molecule has 0 bridgehead atoms. The monoisotopic (exact) mass is 313 g/mol. The standard InChI is InChI=1S/C15H21ClFN3O/c1-10(9-21-2)19-14(18)20-13-7-15(17,8-13)11-4-3-5-12(16)6-11/h3-6,10,13H,7-9H2,1-2H3,(H3,18,19,20). The fourth-order valence-corrected chi connectivity index (χ4v) is 2.75. The number of rotatable bonds is 5. The van der Waals surface area contributed by atoms with Crippen molar-refractivity contribution < 1.29 is 9.13 Å². The summed E-state index contributed by atoms with van der Waals surface area (Å²) in [5.41, 5.74) is 5.07. The number of nitrogens with zero attached hydrogens (tertiary/aromatic N) is 1. The Morgan fingerprint density at radius 3 is 2.95 bits per heavy atom. The Balaban J connectivity index is 1.91. The van der Waals surface area contributed by atoms with E-state index in [0.29, 0.717) is 36.0 Å². The van der Waals surface area contributed by atoms with Crippen LogP contribution in [0.2, 0.25) is 5.02 Å². The molecule has 3 N–H and O–H groups in total. The largest absolute Gasteiger partial charge is 0.383 e. The molecule has 1 saturated carbocycles. The second-order valence-electron chi connectivity index (χ2n) is 5.55. The molecule has 1 fully saturated rings. The lowest BCUT2D eigenvalue weighted by Crippen LogP contribution is -2.45. The van der Waals surface area contributed by atoms with Crippen molar-refractivity contribution >= 4 is 17.6 Å². The van der Waals surface area contributed by atoms with Gasteiger partial charge in [0.2, 0.25) is 0 Å². The number of ether oxygens (including phenoxy) is 1. The first-order valence-electron chi connectivity index (χ1n) is 6.96. The summed E-state index contributed by atoms with van der Waals surface area (Å²) in [4.78, 5) is 4.30. The molecule has 1 unspecified atom stereocenters. The van der Waals surface area contributed by atoms with Gasteiger partial charge in [0.15, 0.2) is 5.96 Å². The molecule has 4 nitrogen and oxygen atoms in total. The van der Waals surface area contributed by atoms with Crippen LogP contribution in [0.15, 0.2) is 29.3 Å². The first-order chi connectivity index (χ1) is 9.93. The van der Waals surface area contributed by atoms with Crippen molar-refractivity contribution in [2.45, 2.75) is 37.5 Å². The van der Waals surface area contributed by atoms with Crippen LogP contribution in [-0.4, -0.2) is 31.8 Å². The van der Waals surface area contributed by atoms with Crippen LogP contribution in [0.4, 0.5) is 4.39 Å². The zero-order valence-electron chi connectivity index (χ0n) is 12.3. The third-order valence-corrected chi connectivity index (χ3v) is 3.83. The van der Waals surface area contributed by atoms with E-state index in [9.17, 15) is 4.39 Å². The van der Waals surface area contributed by atoms with Gasteiger partial charge in [-0.1, -0.05) is 23.7 Å². The maximum Gasteiger partial charge on any atom is 0.189 e. The van der Waals surface area contributed by atoms with Gasteiger partial charge in [-0.15, -0.1) is 0 Å². The highest BCUT2D eigenvalue weighted by Crippen LogP contribution is 2.47. The zero-order chi connectivity index (χ0) is 15.5. The summed E-state index contributed by atoms with van der Waals surface area (Å²) in [7, 11) is 1.62. The number of benzene rings is 1. The quantitative estimate of drug-likeness (QED) is 0.649. The molecule has 0 saturated heterocycles. The van der Waals surface area contributed by atoms with Crippen LogP contribution < -0.4 is 11.1 Å². The van der Waals surface area contributed by atoms with Crippen molar-refractivity contribution in [1.29, 1.82) is 0 Å². The normalized spacial score (nSPS) is 27.0. The third kappa shape index (κ3) is 4.08. The number of hydrogen-bond donors (Lipinski definition) is 2. The molecule has 0 amide bonds. The molecule has 0 heterocycles. The molecule has 1 aromatic carbocycles. The maximum atomic E-state index is 14.7. The van der Waals surface area contributed by atoms with Crippen LogP contribution in [0.5, 0.6) is 0 Å². The molecule has 1 aliphatic carbocycles. The molecule has 0 radical (unpaired) electrons. The molecule has 6 heteroatoms. The van der Waals surface area contributed by atoms with Crippen molar-refractivity contribution in [3.05, 3.63) is 34.9 Å². The molecule has 2 rings (SSSR count). The summed E-state index contributed by atoms with van der Waals surface area (Å²) < 4.78 is 19.7. The Kier molecular flexibility index (Phi) is 5.06. The Bertz CT molecular complexity index is 517. The number of alkyl halides is 1. The molecule has 0 spiro atoms. The van der Waals surface area contributed by atoms with Crippen LogP contribution in [0.1, 0.15) is 25.3 Å². The molecule has 0 aromatic heterocycles. The SMILES string of the molecule is COCC(C)NC(N)=NC1CC(F)(c2cccc(Cl)c2)C1. The average Bonchev–Trinajstić information content (AvgIpc) is 2.36. The highest BCUT2D eigenvalue weighted by Gasteiger charge is 2.46. The lowest BCUT2D eigenvalue weighted by atomic mass is 9.73. The zero-order valence-corrected chi connectivity index (χ0v) is 13.0. The van der Waals surface area contributed by atoms with Gasteiger partial charge < -0.3 is 15.8 Å². The van der Waals surface area contributed by atoms with Crippen molar-refractivity contribution in [2.75, 3.05) is 13.7 Å². The first-order valence-corrected chi connectivity index (χ1v) is 7.34. The Morgan fingerprint density at radius 2 is 2.33 bits per heavy atom. The molecular weight excluding hydrogens is 293 g/mol. The molecule has 0 aliphatic heterocycles. The fourth-order valence-electron chi connectivity index (χ4n) is 2.56. The van der Waals surface area contributed by atoms with Gasteiger partial charge >= 0.3 is 0 Å². The van der Waals surface area contributed by atoms with Crippen LogP contribution in [0.25, 0.3) is 0 Å². The van der Waals surface area contributed by atoms with Crippen LogP contribution >= 0.6 is 11.6 Å². The van der Waals surface area contributed by atoms with E-state index in [0.717, 1.165) is 0 Å². The second-order valence-corrected chi connectivity index (χ2v) is 5.99. The van der Waals surface area contributed by atoms with Crippen molar-refractivity contribution in [2.24, 2.45) is 10.7 Å². The first kappa shape index (κ1) is 16.0. The van der Waals surface area contributed by atoms with Gasteiger partial charge in [0, 0.05) is 31.0 Å². The van der Waals surface area contributed by atoms with Crippen molar-refractivity contribution in [3.8, 4) is 0 Å². The Morgan fingerprint density at radius 1 is 1.62 bits per heavy atom. The minimum absolute atomic E-state index is 0.0712. The molecular formula is C15H21ClFN3O. The average molecular weight is 314 g/mol. The van der Waals surface area contributed by atoms with E-state index in [4.69, 9.17) is 22.1 Å². The summed E-state index contributed by atoms with van der Waals surface area (Å²) in [5, 5.41) is 3.56. The Hall–Kier alpha value is -1.33. The topological polar surface area (TPSA) is 59.6 Å². The number of methoxy groups -OCH3 is 1. The summed E-state index contributed by atoms with van der Waals surface area (Å²) in [5.74, 6) is 0.331. The number of nitrogens with two attached hydrogens (primary N) is 1. The number of hydrogen-bond acceptors (Lipinski definition) is 2. The Labute approximate surface area is 129 Å². The fraction of sp³-hybridized carbons (Fsp3) is 0.533. The minimum Gasteiger partial charge on any atom is -0.383 e. The van der Waals surface area contributed by atoms with Crippen LogP contribution in [0.3, 0.4) is 0 Å². The van der Waals surface area contributed by atoms with Crippen molar-refractivity contribution in [3.63, 3.8) is 0 Å². The van der Waals surface area contributed by atoms with Gasteiger partial charge in [0.25, 0.3) is 0 Å². The van der Waals surface area contributed by atoms with Gasteiger partial charge in [-0.05, 0) is 24.6 Å². The highest BCUT2D eigenvalue weighted by atomic mass is 35.5. The van der Waals surface area contributed by atoms with E-state index in [1.807, 2.05) is 6.92 Å². The second kappa shape index (κ2) is 6.62. The number of halogens is 2. The highest BCUT2D eigenvalue weighted by molar-refractivity contribution is 6.30. The maximum absolute atomic E-state index is 14.7. The number of guanidine groups is 1. The number of nitrogens with one attached hydrogen (secondary N) is 1. The summed E-state index contributed by atoms with van der Waals surface area (Å²) >= 11 is 5.90. The summed E-state index contributed by atoms with van der Waals surface area (Å²) in [6, 6.07) is 6.90. The van der Waals surface area contributed by atoms with Gasteiger partial charge in [-0.25, -0.2) is 9.38 Å². The van der Waals surface area contributed by atoms with Gasteiger partial charge in [0.1, 0.15) is 5.67 Å². The van der Waals surface area contributed by atoms with E-state index < -0.39 is 5.67 Å². The van der Waals surface area contributed by atoms with E-state index in [1.54, 1.807) is 31.4 Å².